The molecule has 2 aromatic carbocycles. The molecule has 3 aromatic rings. The number of aliphatic imine (C=N–C) groups is 1. The van der Waals surface area contributed by atoms with E-state index in [4.69, 9.17) is 14.1 Å². The zero-order valence-corrected chi connectivity index (χ0v) is 20.6. The third-order valence-corrected chi connectivity index (χ3v) is 9.46. The van der Waals surface area contributed by atoms with E-state index < -0.39 is 0 Å². The highest BCUT2D eigenvalue weighted by Crippen LogP contribution is 2.56. The summed E-state index contributed by atoms with van der Waals surface area (Å²) in [6.07, 6.45) is 6.45. The van der Waals surface area contributed by atoms with Gasteiger partial charge in [0.25, 0.3) is 5.91 Å². The van der Waals surface area contributed by atoms with E-state index in [2.05, 4.69) is 42.8 Å². The molecule has 4 heterocycles. The smallest absolute Gasteiger partial charge is 0.254 e. The van der Waals surface area contributed by atoms with Crippen LogP contribution in [0.3, 0.4) is 0 Å². The first-order valence-electron chi connectivity index (χ1n) is 12.9. The van der Waals surface area contributed by atoms with Gasteiger partial charge in [-0.1, -0.05) is 20.8 Å². The molecule has 7 rings (SSSR count). The fourth-order valence-corrected chi connectivity index (χ4v) is 6.92. The van der Waals surface area contributed by atoms with Gasteiger partial charge in [-0.2, -0.15) is 0 Å². The second-order valence-electron chi connectivity index (χ2n) is 11.4. The number of fused-ring (bicyclic) bond motifs is 6. The van der Waals surface area contributed by atoms with Crippen molar-refractivity contribution >= 4 is 28.9 Å². The number of rotatable bonds is 2. The van der Waals surface area contributed by atoms with Gasteiger partial charge in [-0.05, 0) is 78.1 Å². The highest BCUT2D eigenvalue weighted by atomic mass is 16.5. The molecule has 1 aliphatic carbocycles. The quantitative estimate of drug-likeness (QED) is 0.483. The summed E-state index contributed by atoms with van der Waals surface area (Å²) in [6.45, 7) is 8.58. The fraction of sp³-hybridized carbons (Fsp3) is 0.483. The molecule has 3 atom stereocenters. The normalized spacial score (nSPS) is 28.4. The van der Waals surface area contributed by atoms with Crippen molar-refractivity contribution in [3.63, 3.8) is 0 Å². The SMILES string of the molecule is CC1(C)[C@H]2Cc3cc4oc(C5CCCO5)nc4cc3[C@]1(C)CCN2C(=O)c1ccc2c(c1)CC=N2. The van der Waals surface area contributed by atoms with Crippen LogP contribution in [0.5, 0.6) is 0 Å². The van der Waals surface area contributed by atoms with E-state index in [9.17, 15) is 4.79 Å². The van der Waals surface area contributed by atoms with Gasteiger partial charge in [-0.3, -0.25) is 9.79 Å². The second kappa shape index (κ2) is 7.26. The van der Waals surface area contributed by atoms with Crippen molar-refractivity contribution in [1.82, 2.24) is 9.88 Å². The molecule has 1 amide bonds. The maximum Gasteiger partial charge on any atom is 0.254 e. The average Bonchev–Trinajstić information content (AvgIpc) is 3.60. The lowest BCUT2D eigenvalue weighted by atomic mass is 9.51. The monoisotopic (exact) mass is 469 g/mol. The summed E-state index contributed by atoms with van der Waals surface area (Å²) in [7, 11) is 0. The zero-order valence-electron chi connectivity index (χ0n) is 20.6. The van der Waals surface area contributed by atoms with Crippen LogP contribution in [0.4, 0.5) is 5.69 Å². The minimum atomic E-state index is -0.0808. The van der Waals surface area contributed by atoms with Gasteiger partial charge >= 0.3 is 0 Å². The van der Waals surface area contributed by atoms with Crippen LogP contribution in [-0.2, 0) is 23.0 Å². The Balaban J connectivity index is 1.27. The number of piperidine rings is 1. The van der Waals surface area contributed by atoms with Crippen LogP contribution >= 0.6 is 0 Å². The van der Waals surface area contributed by atoms with E-state index in [1.165, 1.54) is 11.1 Å². The Hall–Kier alpha value is -2.99. The lowest BCUT2D eigenvalue weighted by molar-refractivity contribution is -0.0261. The molecule has 2 fully saturated rings. The third-order valence-electron chi connectivity index (χ3n) is 9.46. The standard InChI is InChI=1S/C29H31N3O3/c1-28(2)25-15-19-14-24-22(31-26(35-24)23-5-4-12-34-23)16-20(19)29(28,3)9-11-32(25)27(33)18-6-7-21-17(13-18)8-10-30-21/h6-7,10,13-14,16,23,25H,4-5,8-9,11-12,15H2,1-3H3/t23?,25-,29+/m1/s1. The molecule has 2 bridgehead atoms. The number of hydrogen-bond acceptors (Lipinski definition) is 5. The fourth-order valence-electron chi connectivity index (χ4n) is 6.92. The Kier molecular flexibility index (Phi) is 4.42. The van der Waals surface area contributed by atoms with Gasteiger partial charge in [0, 0.05) is 42.8 Å². The molecule has 180 valence electrons. The number of carbonyl (C=O) groups excluding carboxylic acids is 1. The zero-order chi connectivity index (χ0) is 23.9. The number of likely N-dealkylation sites (tertiary alicyclic amines) is 1. The number of nitrogens with zero attached hydrogens (tertiary/aromatic N) is 3. The molecule has 6 heteroatoms. The molecule has 0 radical (unpaired) electrons. The molecular weight excluding hydrogens is 438 g/mol. The minimum Gasteiger partial charge on any atom is -0.438 e. The van der Waals surface area contributed by atoms with Crippen molar-refractivity contribution in [2.24, 2.45) is 10.4 Å². The summed E-state index contributed by atoms with van der Waals surface area (Å²) < 4.78 is 12.0. The Morgan fingerprint density at radius 3 is 2.86 bits per heavy atom. The van der Waals surface area contributed by atoms with E-state index in [1.54, 1.807) is 0 Å². The van der Waals surface area contributed by atoms with Crippen LogP contribution in [0.2, 0.25) is 0 Å². The molecule has 0 saturated carbocycles. The number of aromatic nitrogens is 1. The summed E-state index contributed by atoms with van der Waals surface area (Å²) >= 11 is 0. The first kappa shape index (κ1) is 21.3. The number of carbonyl (C=O) groups is 1. The summed E-state index contributed by atoms with van der Waals surface area (Å²) in [5.41, 5.74) is 7.15. The van der Waals surface area contributed by atoms with Gasteiger partial charge in [0.05, 0.1) is 5.69 Å². The van der Waals surface area contributed by atoms with Crippen molar-refractivity contribution in [2.45, 2.75) is 70.4 Å². The number of ether oxygens (including phenoxy) is 1. The van der Waals surface area contributed by atoms with E-state index in [0.717, 1.165) is 73.2 Å². The minimum absolute atomic E-state index is 0.0310. The second-order valence-corrected chi connectivity index (χ2v) is 11.4. The topological polar surface area (TPSA) is 67.9 Å². The lowest BCUT2D eigenvalue weighted by Gasteiger charge is -2.60. The predicted molar refractivity (Wildman–Crippen MR) is 135 cm³/mol. The number of benzene rings is 2. The molecule has 0 N–H and O–H groups in total. The molecule has 1 aromatic heterocycles. The van der Waals surface area contributed by atoms with E-state index in [1.807, 2.05) is 24.4 Å². The number of oxazole rings is 1. The Morgan fingerprint density at radius 1 is 1.14 bits per heavy atom. The lowest BCUT2D eigenvalue weighted by Crippen LogP contribution is -2.64. The summed E-state index contributed by atoms with van der Waals surface area (Å²) in [5.74, 6) is 0.828. The largest absolute Gasteiger partial charge is 0.438 e. The Labute approximate surface area is 205 Å². The third kappa shape index (κ3) is 2.95. The molecule has 4 aliphatic rings. The molecule has 3 aliphatic heterocycles. The maximum atomic E-state index is 13.8. The Bertz CT molecular complexity index is 1400. The van der Waals surface area contributed by atoms with Crippen LogP contribution in [0.15, 0.2) is 39.7 Å². The average molecular weight is 470 g/mol. The molecule has 1 unspecified atom stereocenters. The first-order chi connectivity index (χ1) is 16.8. The van der Waals surface area contributed by atoms with E-state index in [-0.39, 0.29) is 28.9 Å². The molecule has 0 spiro atoms. The van der Waals surface area contributed by atoms with Crippen molar-refractivity contribution in [3.8, 4) is 0 Å². The van der Waals surface area contributed by atoms with E-state index in [0.29, 0.717) is 5.89 Å². The predicted octanol–water partition coefficient (Wildman–Crippen LogP) is 5.69. The van der Waals surface area contributed by atoms with Crippen LogP contribution < -0.4 is 0 Å². The van der Waals surface area contributed by atoms with Gasteiger partial charge in [0.1, 0.15) is 11.6 Å². The summed E-state index contributed by atoms with van der Waals surface area (Å²) in [5, 5.41) is 0. The number of amides is 1. The van der Waals surface area contributed by atoms with Gasteiger partial charge < -0.3 is 14.1 Å². The van der Waals surface area contributed by atoms with Crippen LogP contribution in [-0.4, -0.2) is 41.2 Å². The molecule has 35 heavy (non-hydrogen) atoms. The van der Waals surface area contributed by atoms with Gasteiger partial charge in [-0.25, -0.2) is 4.98 Å². The highest BCUT2D eigenvalue weighted by molar-refractivity contribution is 5.96. The molecule has 6 nitrogen and oxygen atoms in total. The Morgan fingerprint density at radius 2 is 2.03 bits per heavy atom. The van der Waals surface area contributed by atoms with Gasteiger partial charge in [-0.15, -0.1) is 0 Å². The molecular formula is C29H31N3O3. The summed E-state index contributed by atoms with van der Waals surface area (Å²) in [6, 6.07) is 10.5. The van der Waals surface area contributed by atoms with Gasteiger partial charge in [0.2, 0.25) is 5.89 Å². The highest BCUT2D eigenvalue weighted by Gasteiger charge is 2.57. The van der Waals surface area contributed by atoms with Crippen molar-refractivity contribution in [2.75, 3.05) is 13.2 Å². The first-order valence-corrected chi connectivity index (χ1v) is 12.9. The van der Waals surface area contributed by atoms with Crippen molar-refractivity contribution in [1.29, 1.82) is 0 Å². The van der Waals surface area contributed by atoms with Crippen molar-refractivity contribution < 1.29 is 13.9 Å². The molecule has 2 saturated heterocycles. The van der Waals surface area contributed by atoms with Crippen LogP contribution in [0.1, 0.15) is 79.1 Å². The van der Waals surface area contributed by atoms with Crippen LogP contribution in [0.25, 0.3) is 11.1 Å². The maximum absolute atomic E-state index is 13.8. The van der Waals surface area contributed by atoms with E-state index >= 15 is 0 Å². The van der Waals surface area contributed by atoms with Crippen molar-refractivity contribution in [3.05, 3.63) is 58.5 Å². The summed E-state index contributed by atoms with van der Waals surface area (Å²) in [4.78, 5) is 25.2. The van der Waals surface area contributed by atoms with Crippen LogP contribution in [0, 0.1) is 5.41 Å². The number of hydrogen-bond donors (Lipinski definition) is 0. The van der Waals surface area contributed by atoms with Gasteiger partial charge in [0.15, 0.2) is 5.58 Å².